The first-order valence-electron chi connectivity index (χ1n) is 6.53. The minimum atomic E-state index is 0.0365. The van der Waals surface area contributed by atoms with Gasteiger partial charge in [-0.15, -0.1) is 0 Å². The molecule has 0 aromatic heterocycles. The lowest BCUT2D eigenvalue weighted by Gasteiger charge is -2.22. The molecule has 1 aromatic carbocycles. The molecule has 1 heterocycles. The van der Waals surface area contributed by atoms with Gasteiger partial charge in [0.15, 0.2) is 0 Å². The number of urea groups is 1. The number of rotatable bonds is 2. The molecule has 1 aliphatic heterocycles. The zero-order valence-corrected chi connectivity index (χ0v) is 10.9. The number of amides is 2. The van der Waals surface area contributed by atoms with Crippen LogP contribution in [0.3, 0.4) is 0 Å². The molecule has 4 heteroatoms. The van der Waals surface area contributed by atoms with E-state index in [2.05, 4.69) is 17.6 Å². The highest BCUT2D eigenvalue weighted by Gasteiger charge is 2.18. The van der Waals surface area contributed by atoms with E-state index in [4.69, 9.17) is 0 Å². The number of nitrogens with zero attached hydrogens (tertiary/aromatic N) is 1. The Balaban J connectivity index is 1.83. The zero-order valence-electron chi connectivity index (χ0n) is 10.9. The fourth-order valence-electron chi connectivity index (χ4n) is 2.16. The van der Waals surface area contributed by atoms with E-state index < -0.39 is 0 Å². The Morgan fingerprint density at radius 3 is 3.00 bits per heavy atom. The normalized spacial score (nSPS) is 20.3. The van der Waals surface area contributed by atoms with E-state index in [1.165, 1.54) is 0 Å². The van der Waals surface area contributed by atoms with Crippen molar-refractivity contribution in [3.63, 3.8) is 0 Å². The first-order valence-corrected chi connectivity index (χ1v) is 6.53. The van der Waals surface area contributed by atoms with Gasteiger partial charge in [0.25, 0.3) is 0 Å². The minimum Gasteiger partial charge on any atom is -0.334 e. The van der Waals surface area contributed by atoms with Crippen LogP contribution in [0.25, 0.3) is 0 Å². The van der Waals surface area contributed by atoms with Gasteiger partial charge in [-0.25, -0.2) is 4.79 Å². The van der Waals surface area contributed by atoms with Crippen molar-refractivity contribution >= 4 is 6.03 Å². The van der Waals surface area contributed by atoms with E-state index >= 15 is 0 Å². The molecule has 0 spiro atoms. The van der Waals surface area contributed by atoms with Crippen molar-refractivity contribution in [1.82, 2.24) is 15.5 Å². The Morgan fingerprint density at radius 2 is 2.22 bits per heavy atom. The van der Waals surface area contributed by atoms with E-state index in [0.29, 0.717) is 12.5 Å². The van der Waals surface area contributed by atoms with Crippen LogP contribution in [0.1, 0.15) is 12.5 Å². The maximum atomic E-state index is 12.1. The summed E-state index contributed by atoms with van der Waals surface area (Å²) < 4.78 is 0. The standard InChI is InChI=1S/C14H21N3O/c1-12-9-15-7-8-17(11-12)14(18)16-10-13-5-3-2-4-6-13/h2-6,12,15H,7-11H2,1H3,(H,16,18). The van der Waals surface area contributed by atoms with Gasteiger partial charge in [0.1, 0.15) is 0 Å². The number of hydrogen-bond donors (Lipinski definition) is 2. The van der Waals surface area contributed by atoms with E-state index in [1.54, 1.807) is 0 Å². The summed E-state index contributed by atoms with van der Waals surface area (Å²) in [6.07, 6.45) is 0. The lowest BCUT2D eigenvalue weighted by atomic mass is 10.2. The predicted molar refractivity (Wildman–Crippen MR) is 72.3 cm³/mol. The van der Waals surface area contributed by atoms with Gasteiger partial charge < -0.3 is 15.5 Å². The number of carbonyl (C=O) groups is 1. The molecule has 1 unspecified atom stereocenters. The van der Waals surface area contributed by atoms with Crippen LogP contribution < -0.4 is 10.6 Å². The summed E-state index contributed by atoms with van der Waals surface area (Å²) in [5.41, 5.74) is 1.13. The molecule has 0 aliphatic carbocycles. The Hall–Kier alpha value is -1.55. The van der Waals surface area contributed by atoms with Gasteiger partial charge in [-0.2, -0.15) is 0 Å². The molecule has 18 heavy (non-hydrogen) atoms. The first-order chi connectivity index (χ1) is 8.75. The lowest BCUT2D eigenvalue weighted by molar-refractivity contribution is 0.195. The van der Waals surface area contributed by atoms with Crippen LogP contribution in [0.2, 0.25) is 0 Å². The van der Waals surface area contributed by atoms with E-state index in [-0.39, 0.29) is 6.03 Å². The minimum absolute atomic E-state index is 0.0365. The van der Waals surface area contributed by atoms with Crippen molar-refractivity contribution in [3.8, 4) is 0 Å². The van der Waals surface area contributed by atoms with Gasteiger partial charge in [-0.05, 0) is 18.0 Å². The second-order valence-electron chi connectivity index (χ2n) is 4.90. The zero-order chi connectivity index (χ0) is 12.8. The highest BCUT2D eigenvalue weighted by atomic mass is 16.2. The summed E-state index contributed by atoms with van der Waals surface area (Å²) in [6, 6.07) is 10.0. The second-order valence-corrected chi connectivity index (χ2v) is 4.90. The molecule has 0 bridgehead atoms. The van der Waals surface area contributed by atoms with Gasteiger partial charge in [-0.1, -0.05) is 37.3 Å². The van der Waals surface area contributed by atoms with Crippen molar-refractivity contribution in [3.05, 3.63) is 35.9 Å². The molecule has 2 N–H and O–H groups in total. The molecule has 0 radical (unpaired) electrons. The Labute approximate surface area is 108 Å². The number of hydrogen-bond acceptors (Lipinski definition) is 2. The first kappa shape index (κ1) is 12.9. The highest BCUT2D eigenvalue weighted by Crippen LogP contribution is 2.04. The Bertz CT molecular complexity index is 380. The van der Waals surface area contributed by atoms with Gasteiger partial charge in [0.2, 0.25) is 0 Å². The summed E-state index contributed by atoms with van der Waals surface area (Å²) in [4.78, 5) is 14.0. The van der Waals surface area contributed by atoms with Crippen molar-refractivity contribution in [2.24, 2.45) is 5.92 Å². The third kappa shape index (κ3) is 3.74. The van der Waals surface area contributed by atoms with Crippen LogP contribution in [0.15, 0.2) is 30.3 Å². The number of nitrogens with one attached hydrogen (secondary N) is 2. The Kier molecular flexibility index (Phi) is 4.59. The van der Waals surface area contributed by atoms with Gasteiger partial charge in [-0.3, -0.25) is 0 Å². The van der Waals surface area contributed by atoms with Crippen molar-refractivity contribution in [1.29, 1.82) is 0 Å². The van der Waals surface area contributed by atoms with Crippen LogP contribution in [0, 0.1) is 5.92 Å². The third-order valence-electron chi connectivity index (χ3n) is 3.16. The van der Waals surface area contributed by atoms with Crippen molar-refractivity contribution in [2.45, 2.75) is 13.5 Å². The van der Waals surface area contributed by atoms with Crippen LogP contribution in [0.4, 0.5) is 4.79 Å². The van der Waals surface area contributed by atoms with Crippen LogP contribution in [0.5, 0.6) is 0 Å². The predicted octanol–water partition coefficient (Wildman–Crippen LogP) is 1.44. The summed E-state index contributed by atoms with van der Waals surface area (Å²) in [7, 11) is 0. The number of benzene rings is 1. The number of carbonyl (C=O) groups excluding carboxylic acids is 1. The van der Waals surface area contributed by atoms with Gasteiger partial charge in [0, 0.05) is 26.2 Å². The molecule has 1 atom stereocenters. The molecule has 2 rings (SSSR count). The van der Waals surface area contributed by atoms with Crippen molar-refractivity contribution in [2.75, 3.05) is 26.2 Å². The molecule has 0 saturated carbocycles. The van der Waals surface area contributed by atoms with E-state index in [1.807, 2.05) is 35.2 Å². The fourth-order valence-corrected chi connectivity index (χ4v) is 2.16. The molecule has 1 aliphatic rings. The SMILES string of the molecule is CC1CNCCN(C(=O)NCc2ccccc2)C1. The Morgan fingerprint density at radius 1 is 1.44 bits per heavy atom. The average Bonchev–Trinajstić information content (AvgIpc) is 2.62. The molecule has 1 saturated heterocycles. The smallest absolute Gasteiger partial charge is 0.317 e. The van der Waals surface area contributed by atoms with Gasteiger partial charge >= 0.3 is 6.03 Å². The molecule has 1 fully saturated rings. The molecular formula is C14H21N3O. The lowest BCUT2D eigenvalue weighted by Crippen LogP contribution is -2.42. The molecule has 2 amide bonds. The topological polar surface area (TPSA) is 44.4 Å². The summed E-state index contributed by atoms with van der Waals surface area (Å²) in [6.45, 7) is 6.23. The molecule has 4 nitrogen and oxygen atoms in total. The summed E-state index contributed by atoms with van der Waals surface area (Å²) >= 11 is 0. The molecule has 98 valence electrons. The molecular weight excluding hydrogens is 226 g/mol. The molecule has 1 aromatic rings. The quantitative estimate of drug-likeness (QED) is 0.830. The third-order valence-corrected chi connectivity index (χ3v) is 3.16. The monoisotopic (exact) mass is 247 g/mol. The van der Waals surface area contributed by atoms with E-state index in [0.717, 1.165) is 31.7 Å². The average molecular weight is 247 g/mol. The van der Waals surface area contributed by atoms with Crippen LogP contribution in [-0.4, -0.2) is 37.1 Å². The summed E-state index contributed by atoms with van der Waals surface area (Å²) in [5, 5.41) is 6.31. The summed E-state index contributed by atoms with van der Waals surface area (Å²) in [5.74, 6) is 0.509. The fraction of sp³-hybridized carbons (Fsp3) is 0.500. The largest absolute Gasteiger partial charge is 0.334 e. The van der Waals surface area contributed by atoms with Gasteiger partial charge in [0.05, 0.1) is 0 Å². The highest BCUT2D eigenvalue weighted by molar-refractivity contribution is 5.74. The maximum Gasteiger partial charge on any atom is 0.317 e. The van der Waals surface area contributed by atoms with Crippen LogP contribution in [-0.2, 0) is 6.54 Å². The van der Waals surface area contributed by atoms with E-state index in [9.17, 15) is 4.79 Å². The second kappa shape index (κ2) is 6.40. The van der Waals surface area contributed by atoms with Crippen LogP contribution >= 0.6 is 0 Å². The van der Waals surface area contributed by atoms with Crippen molar-refractivity contribution < 1.29 is 4.79 Å². The maximum absolute atomic E-state index is 12.1.